The predicted octanol–water partition coefficient (Wildman–Crippen LogP) is 0.248. The van der Waals surface area contributed by atoms with E-state index in [0.717, 1.165) is 6.29 Å². The average molecular weight is 221 g/mol. The lowest BCUT2D eigenvalue weighted by Crippen LogP contribution is -2.40. The summed E-state index contributed by atoms with van der Waals surface area (Å²) in [7, 11) is 0. The van der Waals surface area contributed by atoms with Crippen LogP contribution in [0.3, 0.4) is 0 Å². The van der Waals surface area contributed by atoms with Crippen molar-refractivity contribution in [1.82, 2.24) is 10.3 Å². The number of rotatable bonds is 6. The van der Waals surface area contributed by atoms with Crippen molar-refractivity contribution in [1.29, 1.82) is 0 Å². The van der Waals surface area contributed by atoms with Crippen LogP contribution in [0.4, 0.5) is 0 Å². The number of primary amides is 1. The lowest BCUT2D eigenvalue weighted by atomic mass is 10.2. The first-order valence-corrected chi connectivity index (χ1v) is 5.10. The smallest absolute Gasteiger partial charge is 0.234 e. The van der Waals surface area contributed by atoms with Crippen LogP contribution >= 0.6 is 0 Å². The molecule has 3 N–H and O–H groups in total. The average Bonchev–Trinajstić information content (AvgIpc) is 2.29. The summed E-state index contributed by atoms with van der Waals surface area (Å²) in [5, 5.41) is 2.98. The van der Waals surface area contributed by atoms with Gasteiger partial charge in [-0.1, -0.05) is 6.92 Å². The number of nitrogens with zero attached hydrogens (tertiary/aromatic N) is 1. The number of amides is 1. The van der Waals surface area contributed by atoms with Crippen molar-refractivity contribution < 1.29 is 9.59 Å². The van der Waals surface area contributed by atoms with E-state index in [4.69, 9.17) is 5.73 Å². The highest BCUT2D eigenvalue weighted by Gasteiger charge is 2.11. The lowest BCUT2D eigenvalue weighted by Gasteiger charge is -2.12. The van der Waals surface area contributed by atoms with E-state index in [9.17, 15) is 9.59 Å². The second kappa shape index (κ2) is 5.97. The van der Waals surface area contributed by atoms with Crippen LogP contribution in [0.25, 0.3) is 0 Å². The number of hydrogen-bond donors (Lipinski definition) is 2. The molecular weight excluding hydrogens is 206 g/mol. The Morgan fingerprint density at radius 1 is 1.69 bits per heavy atom. The zero-order valence-electron chi connectivity index (χ0n) is 9.14. The molecular formula is C11H15N3O2. The number of carbonyl (C=O) groups excluding carboxylic acids is 2. The summed E-state index contributed by atoms with van der Waals surface area (Å²) >= 11 is 0. The number of nitrogens with one attached hydrogen (secondary N) is 1. The Labute approximate surface area is 94.1 Å². The van der Waals surface area contributed by atoms with Gasteiger partial charge in [-0.15, -0.1) is 0 Å². The highest BCUT2D eigenvalue weighted by atomic mass is 16.1. The van der Waals surface area contributed by atoms with E-state index in [1.54, 1.807) is 18.3 Å². The van der Waals surface area contributed by atoms with Crippen molar-refractivity contribution in [3.05, 3.63) is 29.6 Å². The van der Waals surface area contributed by atoms with Crippen LogP contribution in [0.2, 0.25) is 0 Å². The summed E-state index contributed by atoms with van der Waals surface area (Å²) in [5.74, 6) is -0.381. The van der Waals surface area contributed by atoms with Crippen molar-refractivity contribution in [2.45, 2.75) is 25.9 Å². The fourth-order valence-electron chi connectivity index (χ4n) is 1.34. The van der Waals surface area contributed by atoms with Crippen LogP contribution in [0, 0.1) is 0 Å². The zero-order valence-corrected chi connectivity index (χ0v) is 9.14. The number of nitrogens with two attached hydrogens (primary N) is 1. The van der Waals surface area contributed by atoms with E-state index in [0.29, 0.717) is 24.2 Å². The van der Waals surface area contributed by atoms with Crippen molar-refractivity contribution in [3.8, 4) is 0 Å². The molecule has 0 aromatic carbocycles. The van der Waals surface area contributed by atoms with Gasteiger partial charge in [-0.3, -0.25) is 14.6 Å². The molecule has 0 spiro atoms. The van der Waals surface area contributed by atoms with Gasteiger partial charge in [0.1, 0.15) is 6.29 Å². The molecule has 1 rings (SSSR count). The highest BCUT2D eigenvalue weighted by molar-refractivity contribution is 5.79. The number of hydrogen-bond acceptors (Lipinski definition) is 4. The fourth-order valence-corrected chi connectivity index (χ4v) is 1.34. The van der Waals surface area contributed by atoms with Crippen LogP contribution in [-0.2, 0) is 11.3 Å². The predicted molar refractivity (Wildman–Crippen MR) is 59.7 cm³/mol. The first-order chi connectivity index (χ1) is 7.67. The van der Waals surface area contributed by atoms with Gasteiger partial charge in [0.15, 0.2) is 0 Å². The third kappa shape index (κ3) is 3.43. The van der Waals surface area contributed by atoms with E-state index in [2.05, 4.69) is 10.3 Å². The van der Waals surface area contributed by atoms with Gasteiger partial charge < -0.3 is 11.1 Å². The Morgan fingerprint density at radius 3 is 3.00 bits per heavy atom. The molecule has 0 bridgehead atoms. The molecule has 1 aromatic rings. The minimum absolute atomic E-state index is 0.360. The molecule has 1 atom stereocenters. The minimum atomic E-state index is -0.381. The quantitative estimate of drug-likeness (QED) is 0.674. The Balaban J connectivity index is 2.59. The third-order valence-electron chi connectivity index (χ3n) is 2.26. The Bertz CT molecular complexity index is 379. The van der Waals surface area contributed by atoms with E-state index >= 15 is 0 Å². The molecule has 0 aliphatic carbocycles. The normalized spacial score (nSPS) is 12.1. The number of pyridine rings is 1. The van der Waals surface area contributed by atoms with Gasteiger partial charge in [-0.25, -0.2) is 0 Å². The van der Waals surface area contributed by atoms with Crippen LogP contribution in [0.1, 0.15) is 29.4 Å². The third-order valence-corrected chi connectivity index (χ3v) is 2.26. The Kier molecular flexibility index (Phi) is 4.60. The van der Waals surface area contributed by atoms with Gasteiger partial charge in [-0.05, 0) is 18.6 Å². The van der Waals surface area contributed by atoms with Crippen molar-refractivity contribution in [2.24, 2.45) is 5.73 Å². The molecule has 1 unspecified atom stereocenters. The molecule has 1 heterocycles. The minimum Gasteiger partial charge on any atom is -0.368 e. The summed E-state index contributed by atoms with van der Waals surface area (Å²) in [6.45, 7) is 2.29. The summed E-state index contributed by atoms with van der Waals surface area (Å²) in [6, 6.07) is 2.94. The maximum absolute atomic E-state index is 11.0. The van der Waals surface area contributed by atoms with Crippen LogP contribution in [0.5, 0.6) is 0 Å². The van der Waals surface area contributed by atoms with E-state index in [1.165, 1.54) is 0 Å². The molecule has 1 aromatic heterocycles. The number of carbonyl (C=O) groups is 2. The molecule has 0 aliphatic rings. The standard InChI is InChI=1S/C11H15N3O2/c1-2-10(11(12)16)14-6-9-5-8(7-15)3-4-13-9/h3-5,7,10,14H,2,6H2,1H3,(H2,12,16). The summed E-state index contributed by atoms with van der Waals surface area (Å²) in [4.78, 5) is 25.6. The second-order valence-electron chi connectivity index (χ2n) is 3.44. The van der Waals surface area contributed by atoms with E-state index < -0.39 is 0 Å². The molecule has 0 fully saturated rings. The fraction of sp³-hybridized carbons (Fsp3) is 0.364. The van der Waals surface area contributed by atoms with Crippen LogP contribution < -0.4 is 11.1 Å². The molecule has 5 heteroatoms. The van der Waals surface area contributed by atoms with Gasteiger partial charge in [0.25, 0.3) is 0 Å². The Hall–Kier alpha value is -1.75. The molecule has 5 nitrogen and oxygen atoms in total. The number of aromatic nitrogens is 1. The van der Waals surface area contributed by atoms with E-state index in [-0.39, 0.29) is 11.9 Å². The SMILES string of the molecule is CCC(NCc1cc(C=O)ccn1)C(N)=O. The van der Waals surface area contributed by atoms with Gasteiger partial charge in [-0.2, -0.15) is 0 Å². The maximum Gasteiger partial charge on any atom is 0.234 e. The first-order valence-electron chi connectivity index (χ1n) is 5.10. The molecule has 16 heavy (non-hydrogen) atoms. The van der Waals surface area contributed by atoms with Crippen LogP contribution in [-0.4, -0.2) is 23.2 Å². The summed E-state index contributed by atoms with van der Waals surface area (Å²) < 4.78 is 0. The zero-order chi connectivity index (χ0) is 12.0. The first kappa shape index (κ1) is 12.3. The largest absolute Gasteiger partial charge is 0.368 e. The molecule has 0 saturated heterocycles. The van der Waals surface area contributed by atoms with Crippen molar-refractivity contribution >= 4 is 12.2 Å². The van der Waals surface area contributed by atoms with Crippen molar-refractivity contribution in [3.63, 3.8) is 0 Å². The molecule has 86 valence electrons. The van der Waals surface area contributed by atoms with Gasteiger partial charge in [0.2, 0.25) is 5.91 Å². The molecule has 0 saturated carbocycles. The molecule has 1 amide bonds. The topological polar surface area (TPSA) is 85.1 Å². The number of aldehydes is 1. The van der Waals surface area contributed by atoms with E-state index in [1.807, 2.05) is 6.92 Å². The van der Waals surface area contributed by atoms with Gasteiger partial charge in [0.05, 0.1) is 11.7 Å². The van der Waals surface area contributed by atoms with Gasteiger partial charge in [0, 0.05) is 18.3 Å². The monoisotopic (exact) mass is 221 g/mol. The van der Waals surface area contributed by atoms with Crippen molar-refractivity contribution in [2.75, 3.05) is 0 Å². The Morgan fingerprint density at radius 2 is 2.44 bits per heavy atom. The summed E-state index contributed by atoms with van der Waals surface area (Å²) in [6.07, 6.45) is 2.95. The summed E-state index contributed by atoms with van der Waals surface area (Å²) in [5.41, 5.74) is 6.47. The van der Waals surface area contributed by atoms with Crippen LogP contribution in [0.15, 0.2) is 18.3 Å². The highest BCUT2D eigenvalue weighted by Crippen LogP contribution is 2.00. The lowest BCUT2D eigenvalue weighted by molar-refractivity contribution is -0.120. The molecule has 0 radical (unpaired) electrons. The molecule has 0 aliphatic heterocycles. The second-order valence-corrected chi connectivity index (χ2v) is 3.44. The van der Waals surface area contributed by atoms with Gasteiger partial charge >= 0.3 is 0 Å². The maximum atomic E-state index is 11.0.